The van der Waals surface area contributed by atoms with Crippen LogP contribution in [0.5, 0.6) is 11.5 Å². The van der Waals surface area contributed by atoms with E-state index in [9.17, 15) is 33.4 Å². The number of carbonyl (C=O) groups is 2. The number of methoxy groups -OCH3 is 1. The number of rotatable bonds is 9. The van der Waals surface area contributed by atoms with Crippen LogP contribution in [0.1, 0.15) is 12.5 Å². The first kappa shape index (κ1) is 28.6. The topological polar surface area (TPSA) is 178 Å². The summed E-state index contributed by atoms with van der Waals surface area (Å²) in [6.45, 7) is 1.31. The van der Waals surface area contributed by atoms with E-state index in [4.69, 9.17) is 20.5 Å². The number of hydrogen-bond donors (Lipinski definition) is 2. The van der Waals surface area contributed by atoms with Gasteiger partial charge in [0.2, 0.25) is 5.91 Å². The van der Waals surface area contributed by atoms with Crippen molar-refractivity contribution >= 4 is 56.7 Å². The molecule has 0 bridgehead atoms. The summed E-state index contributed by atoms with van der Waals surface area (Å²) in [5.41, 5.74) is -0.213. The Morgan fingerprint density at radius 3 is 2.33 bits per heavy atom. The molecule has 0 heterocycles. The lowest BCUT2D eigenvalue weighted by Crippen LogP contribution is -2.14. The number of nitriles is 1. The lowest BCUT2D eigenvalue weighted by molar-refractivity contribution is -0.384. The SMILES string of the molecule is COc1ccc(/C=C(\C#N)C(=O)Nc2cc([N+](=O)[O-])ccc2Cl)cc1OS(=O)(=O)c1ccc(NC(C)=O)cc1. The van der Waals surface area contributed by atoms with Crippen LogP contribution in [0, 0.1) is 21.4 Å². The summed E-state index contributed by atoms with van der Waals surface area (Å²) in [5.74, 6) is -1.41. The maximum absolute atomic E-state index is 12.9. The van der Waals surface area contributed by atoms with Crippen molar-refractivity contribution in [3.8, 4) is 17.6 Å². The molecule has 0 unspecified atom stereocenters. The van der Waals surface area contributed by atoms with Gasteiger partial charge in [0.25, 0.3) is 11.6 Å². The minimum absolute atomic E-state index is 0.0155. The van der Waals surface area contributed by atoms with Crippen LogP contribution in [0.4, 0.5) is 17.1 Å². The second kappa shape index (κ2) is 12.1. The molecule has 0 atom stereocenters. The molecule has 0 fully saturated rings. The standard InChI is InChI=1S/C25H19ClN4O8S/c1-15(31)28-18-4-7-20(8-5-18)39(35,36)38-24-12-16(3-10-23(24)37-2)11-17(14-27)25(32)29-22-13-19(30(33)34)6-9-21(22)26/h3-13H,1-2H3,(H,28,31)(H,29,32)/b17-11+. The average Bonchev–Trinajstić information content (AvgIpc) is 2.88. The molecule has 0 aromatic heterocycles. The van der Waals surface area contributed by atoms with E-state index < -0.39 is 26.5 Å². The Kier molecular flexibility index (Phi) is 8.87. The van der Waals surface area contributed by atoms with Crippen molar-refractivity contribution in [1.29, 1.82) is 5.26 Å². The first-order valence-electron chi connectivity index (χ1n) is 10.8. The zero-order valence-electron chi connectivity index (χ0n) is 20.3. The number of nitro benzene ring substituents is 1. The molecular formula is C25H19ClN4O8S. The number of nitro groups is 1. The number of hydrogen-bond acceptors (Lipinski definition) is 9. The predicted molar refractivity (Wildman–Crippen MR) is 142 cm³/mol. The molecule has 0 aliphatic carbocycles. The molecule has 0 saturated heterocycles. The maximum atomic E-state index is 12.9. The Labute approximate surface area is 227 Å². The van der Waals surface area contributed by atoms with Crippen LogP contribution in [0.2, 0.25) is 5.02 Å². The number of halogens is 1. The molecule has 39 heavy (non-hydrogen) atoms. The number of amides is 2. The van der Waals surface area contributed by atoms with E-state index >= 15 is 0 Å². The molecule has 200 valence electrons. The van der Waals surface area contributed by atoms with Crippen LogP contribution < -0.4 is 19.6 Å². The number of nitrogens with one attached hydrogen (secondary N) is 2. The van der Waals surface area contributed by atoms with E-state index in [1.165, 1.54) is 62.6 Å². The Balaban J connectivity index is 1.89. The van der Waals surface area contributed by atoms with Crippen LogP contribution in [-0.2, 0) is 19.7 Å². The van der Waals surface area contributed by atoms with E-state index in [2.05, 4.69) is 10.6 Å². The highest BCUT2D eigenvalue weighted by Crippen LogP contribution is 2.32. The third-order valence-electron chi connectivity index (χ3n) is 4.94. The maximum Gasteiger partial charge on any atom is 0.339 e. The fourth-order valence-corrected chi connectivity index (χ4v) is 4.25. The average molecular weight is 571 g/mol. The van der Waals surface area contributed by atoms with Crippen LogP contribution in [-0.4, -0.2) is 32.3 Å². The van der Waals surface area contributed by atoms with Gasteiger partial charge in [0.1, 0.15) is 16.5 Å². The van der Waals surface area contributed by atoms with Crippen molar-refractivity contribution in [1.82, 2.24) is 0 Å². The van der Waals surface area contributed by atoms with Crippen LogP contribution >= 0.6 is 11.6 Å². The Hall–Kier alpha value is -4.93. The quantitative estimate of drug-likeness (QED) is 0.123. The summed E-state index contributed by atoms with van der Waals surface area (Å²) in [6, 6.07) is 14.5. The van der Waals surface area contributed by atoms with Crippen LogP contribution in [0.25, 0.3) is 6.08 Å². The molecule has 12 nitrogen and oxygen atoms in total. The molecule has 0 aliphatic heterocycles. The zero-order chi connectivity index (χ0) is 28.7. The highest BCUT2D eigenvalue weighted by atomic mass is 35.5. The number of nitrogens with zero attached hydrogens (tertiary/aromatic N) is 2. The lowest BCUT2D eigenvalue weighted by Gasteiger charge is -2.12. The molecule has 14 heteroatoms. The van der Waals surface area contributed by atoms with E-state index in [1.807, 2.05) is 0 Å². The van der Waals surface area contributed by atoms with Crippen molar-refractivity contribution in [2.45, 2.75) is 11.8 Å². The highest BCUT2D eigenvalue weighted by molar-refractivity contribution is 7.87. The van der Waals surface area contributed by atoms with E-state index in [0.717, 1.165) is 18.2 Å². The molecule has 3 aromatic rings. The lowest BCUT2D eigenvalue weighted by atomic mass is 10.1. The number of carbonyl (C=O) groups excluding carboxylic acids is 2. The fourth-order valence-electron chi connectivity index (χ4n) is 3.15. The third kappa shape index (κ3) is 7.31. The second-order valence-electron chi connectivity index (χ2n) is 7.70. The minimum Gasteiger partial charge on any atom is -0.493 e. The van der Waals surface area contributed by atoms with Crippen molar-refractivity contribution in [3.63, 3.8) is 0 Å². The molecule has 0 saturated carbocycles. The van der Waals surface area contributed by atoms with Crippen LogP contribution in [0.3, 0.4) is 0 Å². The van der Waals surface area contributed by atoms with E-state index in [-0.39, 0.29) is 44.3 Å². The summed E-state index contributed by atoms with van der Waals surface area (Å²) < 4.78 is 36.1. The molecular weight excluding hydrogens is 552 g/mol. The Morgan fingerprint density at radius 1 is 1.05 bits per heavy atom. The molecule has 2 N–H and O–H groups in total. The largest absolute Gasteiger partial charge is 0.493 e. The van der Waals surface area contributed by atoms with Gasteiger partial charge in [-0.25, -0.2) is 0 Å². The molecule has 2 amide bonds. The molecule has 0 aliphatic rings. The summed E-state index contributed by atoms with van der Waals surface area (Å²) >= 11 is 6.00. The van der Waals surface area contributed by atoms with E-state index in [1.54, 1.807) is 6.07 Å². The molecule has 0 radical (unpaired) electrons. The number of non-ortho nitro benzene ring substituents is 1. The van der Waals surface area contributed by atoms with Crippen LogP contribution in [0.15, 0.2) is 71.1 Å². The monoisotopic (exact) mass is 570 g/mol. The summed E-state index contributed by atoms with van der Waals surface area (Å²) in [5, 5.41) is 25.4. The first-order valence-corrected chi connectivity index (χ1v) is 12.6. The van der Waals surface area contributed by atoms with Crippen molar-refractivity contribution in [2.24, 2.45) is 0 Å². The molecule has 0 spiro atoms. The van der Waals surface area contributed by atoms with Gasteiger partial charge in [-0.1, -0.05) is 17.7 Å². The van der Waals surface area contributed by atoms with Gasteiger partial charge in [-0.15, -0.1) is 0 Å². The molecule has 3 rings (SSSR count). The Bertz CT molecular complexity index is 1630. The van der Waals surface area contributed by atoms with Gasteiger partial charge < -0.3 is 19.6 Å². The number of ether oxygens (including phenoxy) is 1. The second-order valence-corrected chi connectivity index (χ2v) is 9.65. The summed E-state index contributed by atoms with van der Waals surface area (Å²) in [7, 11) is -3.05. The van der Waals surface area contributed by atoms with Gasteiger partial charge in [-0.05, 0) is 54.1 Å². The van der Waals surface area contributed by atoms with Crippen molar-refractivity contribution in [2.75, 3.05) is 17.7 Å². The number of benzene rings is 3. The van der Waals surface area contributed by atoms with Gasteiger partial charge in [0, 0.05) is 24.7 Å². The fraction of sp³-hybridized carbons (Fsp3) is 0.0800. The number of anilines is 2. The Morgan fingerprint density at radius 2 is 1.74 bits per heavy atom. The van der Waals surface area contributed by atoms with Crippen molar-refractivity contribution in [3.05, 3.63) is 86.9 Å². The van der Waals surface area contributed by atoms with Gasteiger partial charge in [-0.2, -0.15) is 13.7 Å². The van der Waals surface area contributed by atoms with Gasteiger partial charge in [-0.3, -0.25) is 19.7 Å². The van der Waals surface area contributed by atoms with Gasteiger partial charge in [0.15, 0.2) is 11.5 Å². The smallest absolute Gasteiger partial charge is 0.339 e. The predicted octanol–water partition coefficient (Wildman–Crippen LogP) is 4.53. The zero-order valence-corrected chi connectivity index (χ0v) is 21.9. The normalized spacial score (nSPS) is 11.2. The highest BCUT2D eigenvalue weighted by Gasteiger charge is 2.20. The molecule has 3 aromatic carbocycles. The van der Waals surface area contributed by atoms with Crippen molar-refractivity contribution < 1.29 is 31.9 Å². The first-order chi connectivity index (χ1) is 18.4. The van der Waals surface area contributed by atoms with E-state index in [0.29, 0.717) is 5.69 Å². The summed E-state index contributed by atoms with van der Waals surface area (Å²) in [6.07, 6.45) is 1.15. The third-order valence-corrected chi connectivity index (χ3v) is 6.51. The van der Waals surface area contributed by atoms with Gasteiger partial charge >= 0.3 is 10.1 Å². The summed E-state index contributed by atoms with van der Waals surface area (Å²) in [4.78, 5) is 34.0. The minimum atomic E-state index is -4.34. The van der Waals surface area contributed by atoms with Gasteiger partial charge in [0.05, 0.1) is 22.7 Å².